The van der Waals surface area contributed by atoms with Gasteiger partial charge >= 0.3 is 0 Å². The molecule has 0 spiro atoms. The first-order chi connectivity index (χ1) is 12.1. The van der Waals surface area contributed by atoms with Gasteiger partial charge in [-0.05, 0) is 37.3 Å². The van der Waals surface area contributed by atoms with Crippen LogP contribution in [0.5, 0.6) is 5.75 Å². The number of amides is 1. The maximum Gasteiger partial charge on any atom is 0.244 e. The van der Waals surface area contributed by atoms with Crippen LogP contribution in [0.1, 0.15) is 18.9 Å². The van der Waals surface area contributed by atoms with E-state index in [2.05, 4.69) is 10.3 Å². The number of carbonyl (C=O) groups is 1. The van der Waals surface area contributed by atoms with Crippen molar-refractivity contribution in [1.82, 2.24) is 9.88 Å². The van der Waals surface area contributed by atoms with Gasteiger partial charge in [0.2, 0.25) is 5.91 Å². The number of carbonyl (C=O) groups excluding carboxylic acids is 1. The SMILES string of the molecule is C[C@@H](Nc1ccc(OCc2cccnc2)cc1)C(=O)N(C)CCC#N. The summed E-state index contributed by atoms with van der Waals surface area (Å²) in [5, 5.41) is 11.8. The van der Waals surface area contributed by atoms with Crippen LogP contribution in [0.2, 0.25) is 0 Å². The average Bonchev–Trinajstić information content (AvgIpc) is 2.65. The highest BCUT2D eigenvalue weighted by Gasteiger charge is 2.16. The summed E-state index contributed by atoms with van der Waals surface area (Å²) in [6, 6.07) is 13.0. The molecule has 0 aliphatic heterocycles. The number of nitrogens with zero attached hydrogens (tertiary/aromatic N) is 3. The molecular weight excluding hydrogens is 316 g/mol. The van der Waals surface area contributed by atoms with E-state index >= 15 is 0 Å². The van der Waals surface area contributed by atoms with E-state index in [1.165, 1.54) is 0 Å². The Bertz CT molecular complexity index is 710. The van der Waals surface area contributed by atoms with Crippen LogP contribution >= 0.6 is 0 Å². The fraction of sp³-hybridized carbons (Fsp3) is 0.316. The largest absolute Gasteiger partial charge is 0.489 e. The molecule has 0 saturated heterocycles. The van der Waals surface area contributed by atoms with Gasteiger partial charge in [-0.2, -0.15) is 5.26 Å². The van der Waals surface area contributed by atoms with Gasteiger partial charge in [0.15, 0.2) is 0 Å². The smallest absolute Gasteiger partial charge is 0.244 e. The van der Waals surface area contributed by atoms with Crippen LogP contribution < -0.4 is 10.1 Å². The van der Waals surface area contributed by atoms with Gasteiger partial charge in [-0.1, -0.05) is 6.07 Å². The Hall–Kier alpha value is -3.07. The van der Waals surface area contributed by atoms with Crippen LogP contribution in [0.4, 0.5) is 5.69 Å². The molecule has 0 unspecified atom stereocenters. The van der Waals surface area contributed by atoms with Gasteiger partial charge in [-0.25, -0.2) is 0 Å². The summed E-state index contributed by atoms with van der Waals surface area (Å²) >= 11 is 0. The Kier molecular flexibility index (Phi) is 6.78. The highest BCUT2D eigenvalue weighted by Crippen LogP contribution is 2.18. The van der Waals surface area contributed by atoms with Crippen LogP contribution in [0.3, 0.4) is 0 Å². The third-order valence-electron chi connectivity index (χ3n) is 3.67. The van der Waals surface area contributed by atoms with Crippen molar-refractivity contribution in [3.63, 3.8) is 0 Å². The number of benzene rings is 1. The zero-order valence-corrected chi connectivity index (χ0v) is 14.5. The molecule has 0 saturated carbocycles. The van der Waals surface area contributed by atoms with Crippen molar-refractivity contribution in [2.24, 2.45) is 0 Å². The quantitative estimate of drug-likeness (QED) is 0.801. The van der Waals surface area contributed by atoms with Crippen LogP contribution in [0.25, 0.3) is 0 Å². The lowest BCUT2D eigenvalue weighted by molar-refractivity contribution is -0.130. The van der Waals surface area contributed by atoms with Gasteiger partial charge in [0.25, 0.3) is 0 Å². The van der Waals surface area contributed by atoms with Gasteiger partial charge in [0.1, 0.15) is 18.4 Å². The van der Waals surface area contributed by atoms with Crippen molar-refractivity contribution >= 4 is 11.6 Å². The maximum atomic E-state index is 12.2. The number of ether oxygens (including phenoxy) is 1. The first-order valence-corrected chi connectivity index (χ1v) is 8.10. The molecule has 1 aromatic carbocycles. The van der Waals surface area contributed by atoms with Gasteiger partial charge in [-0.3, -0.25) is 9.78 Å². The Balaban J connectivity index is 1.85. The van der Waals surface area contributed by atoms with E-state index < -0.39 is 0 Å². The number of aromatic nitrogens is 1. The Labute approximate surface area is 148 Å². The molecule has 1 N–H and O–H groups in total. The third-order valence-corrected chi connectivity index (χ3v) is 3.67. The van der Waals surface area contributed by atoms with Crippen LogP contribution in [-0.2, 0) is 11.4 Å². The minimum atomic E-state index is -0.370. The van der Waals surface area contributed by atoms with Crippen molar-refractivity contribution in [3.05, 3.63) is 54.4 Å². The Morgan fingerprint density at radius 1 is 1.36 bits per heavy atom. The van der Waals surface area contributed by atoms with Crippen LogP contribution in [0, 0.1) is 11.3 Å². The predicted octanol–water partition coefficient (Wildman–Crippen LogP) is 2.83. The van der Waals surface area contributed by atoms with E-state index in [0.29, 0.717) is 19.6 Å². The van der Waals surface area contributed by atoms with Gasteiger partial charge in [-0.15, -0.1) is 0 Å². The average molecular weight is 338 g/mol. The summed E-state index contributed by atoms with van der Waals surface area (Å²) in [4.78, 5) is 17.8. The van der Waals surface area contributed by atoms with Gasteiger partial charge in [0.05, 0.1) is 12.5 Å². The Morgan fingerprint density at radius 2 is 2.12 bits per heavy atom. The molecule has 0 aliphatic rings. The maximum absolute atomic E-state index is 12.2. The van der Waals surface area contributed by atoms with E-state index in [1.54, 1.807) is 31.3 Å². The topological polar surface area (TPSA) is 78.2 Å². The molecular formula is C19H22N4O2. The summed E-state index contributed by atoms with van der Waals surface area (Å²) < 4.78 is 5.71. The normalized spacial score (nSPS) is 11.2. The number of nitrogens with one attached hydrogen (secondary N) is 1. The third kappa shape index (κ3) is 5.81. The number of rotatable bonds is 8. The number of anilines is 1. The molecule has 1 aromatic heterocycles. The second-order valence-electron chi connectivity index (χ2n) is 5.71. The lowest BCUT2D eigenvalue weighted by atomic mass is 10.2. The summed E-state index contributed by atoms with van der Waals surface area (Å²) in [7, 11) is 1.70. The molecule has 130 valence electrons. The minimum absolute atomic E-state index is 0.0489. The number of nitriles is 1. The second kappa shape index (κ2) is 9.28. The number of pyridine rings is 1. The van der Waals surface area contributed by atoms with Crippen LogP contribution in [-0.4, -0.2) is 35.4 Å². The summed E-state index contributed by atoms with van der Waals surface area (Å²) in [5.41, 5.74) is 1.84. The molecule has 6 heteroatoms. The number of hydrogen-bond acceptors (Lipinski definition) is 5. The highest BCUT2D eigenvalue weighted by atomic mass is 16.5. The number of hydrogen-bond donors (Lipinski definition) is 1. The molecule has 0 bridgehead atoms. The molecule has 2 aromatic rings. The minimum Gasteiger partial charge on any atom is -0.489 e. The molecule has 1 heterocycles. The molecule has 1 amide bonds. The van der Waals surface area contributed by atoms with Crippen molar-refractivity contribution in [2.75, 3.05) is 18.9 Å². The summed E-state index contributed by atoms with van der Waals surface area (Å²) in [5.74, 6) is 0.701. The van der Waals surface area contributed by atoms with Crippen molar-refractivity contribution in [1.29, 1.82) is 5.26 Å². The van der Waals surface area contributed by atoms with Crippen LogP contribution in [0.15, 0.2) is 48.8 Å². The van der Waals surface area contributed by atoms with Crippen molar-refractivity contribution in [2.45, 2.75) is 26.0 Å². The lowest BCUT2D eigenvalue weighted by Crippen LogP contribution is -2.39. The van der Waals surface area contributed by atoms with E-state index in [1.807, 2.05) is 42.5 Å². The van der Waals surface area contributed by atoms with E-state index in [4.69, 9.17) is 10.00 Å². The molecule has 2 rings (SSSR count). The highest BCUT2D eigenvalue weighted by molar-refractivity contribution is 5.84. The molecule has 0 aliphatic carbocycles. The summed E-state index contributed by atoms with van der Waals surface area (Å²) in [6.45, 7) is 2.69. The molecule has 6 nitrogen and oxygen atoms in total. The molecule has 1 atom stereocenters. The zero-order chi connectivity index (χ0) is 18.1. The van der Waals surface area contributed by atoms with Gasteiger partial charge < -0.3 is 15.0 Å². The zero-order valence-electron chi connectivity index (χ0n) is 14.5. The monoisotopic (exact) mass is 338 g/mol. The van der Waals surface area contributed by atoms with Gasteiger partial charge in [0, 0.05) is 37.2 Å². The second-order valence-corrected chi connectivity index (χ2v) is 5.71. The van der Waals surface area contributed by atoms with E-state index in [9.17, 15) is 4.79 Å². The lowest BCUT2D eigenvalue weighted by Gasteiger charge is -2.22. The van der Waals surface area contributed by atoms with E-state index in [-0.39, 0.29) is 11.9 Å². The standard InChI is InChI=1S/C19H22N4O2/c1-15(19(24)23(2)12-4-10-20)22-17-6-8-18(9-7-17)25-14-16-5-3-11-21-13-16/h3,5-9,11,13,15,22H,4,12,14H2,1-2H3/t15-/m1/s1. The first kappa shape index (κ1) is 18.3. The van der Waals surface area contributed by atoms with Crippen molar-refractivity contribution in [3.8, 4) is 11.8 Å². The fourth-order valence-electron chi connectivity index (χ4n) is 2.27. The van der Waals surface area contributed by atoms with Crippen molar-refractivity contribution < 1.29 is 9.53 Å². The molecule has 0 fully saturated rings. The fourth-order valence-corrected chi connectivity index (χ4v) is 2.27. The van der Waals surface area contributed by atoms with E-state index in [0.717, 1.165) is 17.0 Å². The first-order valence-electron chi connectivity index (χ1n) is 8.10. The summed E-state index contributed by atoms with van der Waals surface area (Å²) in [6.07, 6.45) is 3.83. The number of likely N-dealkylation sites (N-methyl/N-ethyl adjacent to an activating group) is 1. The molecule has 0 radical (unpaired) electrons. The Morgan fingerprint density at radius 3 is 2.76 bits per heavy atom. The molecule has 25 heavy (non-hydrogen) atoms. The predicted molar refractivity (Wildman–Crippen MR) is 96.0 cm³/mol.